The second kappa shape index (κ2) is 15.4. The molecule has 0 saturated heterocycles. The molecule has 210 valence electrons. The lowest BCUT2D eigenvalue weighted by atomic mass is 10.1. The predicted molar refractivity (Wildman–Crippen MR) is 154 cm³/mol. The van der Waals surface area contributed by atoms with Gasteiger partial charge in [-0.15, -0.1) is 0 Å². The number of carbonyl (C=O) groups is 2. The first-order valence-electron chi connectivity index (χ1n) is 13.5. The first-order chi connectivity index (χ1) is 19.3. The molecule has 2 N–H and O–H groups in total. The number of nitrogens with one attached hydrogen (secondary N) is 2. The molecule has 40 heavy (non-hydrogen) atoms. The highest BCUT2D eigenvalue weighted by Crippen LogP contribution is 2.25. The van der Waals surface area contributed by atoms with Crippen molar-refractivity contribution in [3.63, 3.8) is 0 Å². The van der Waals surface area contributed by atoms with Gasteiger partial charge in [-0.05, 0) is 42.3 Å². The highest BCUT2D eigenvalue weighted by Gasteiger charge is 2.22. The minimum atomic E-state index is -4.21. The Morgan fingerprint density at radius 2 is 1.55 bits per heavy atom. The summed E-state index contributed by atoms with van der Waals surface area (Å²) in [6.07, 6.45) is 7.25. The van der Waals surface area contributed by atoms with Crippen molar-refractivity contribution < 1.29 is 22.7 Å². The van der Waals surface area contributed by atoms with Gasteiger partial charge in [-0.1, -0.05) is 87.9 Å². The van der Waals surface area contributed by atoms with Gasteiger partial charge < -0.3 is 10.1 Å². The van der Waals surface area contributed by atoms with E-state index in [1.807, 2.05) is 36.4 Å². The number of carbonyl (C=O) groups excluding carboxylic acids is 2. The molecular weight excluding hydrogens is 526 g/mol. The van der Waals surface area contributed by atoms with E-state index in [0.717, 1.165) is 24.8 Å². The summed E-state index contributed by atoms with van der Waals surface area (Å²) in [5.41, 5.74) is 1.37. The molecule has 0 aliphatic heterocycles. The van der Waals surface area contributed by atoms with Crippen LogP contribution in [0.2, 0.25) is 0 Å². The van der Waals surface area contributed by atoms with E-state index in [-0.39, 0.29) is 40.5 Å². The Labute approximate surface area is 236 Å². The molecule has 2 amide bonds. The second-order valence-corrected chi connectivity index (χ2v) is 11.1. The monoisotopic (exact) mass is 561 g/mol. The molecule has 0 fully saturated rings. The number of nitrogens with zero attached hydrogens (tertiary/aromatic N) is 1. The van der Waals surface area contributed by atoms with Crippen LogP contribution in [-0.2, 0) is 21.4 Å². The van der Waals surface area contributed by atoms with Gasteiger partial charge in [0.1, 0.15) is 23.3 Å². The standard InChI is InChI=1S/C31H35N3O5S/c1-2-3-4-5-6-7-11-18-30(35)34-40(37,38)29-17-13-12-16-27(29)33-31(36)25-19-20-26(22-32)28(21-25)39-23-24-14-9-8-10-15-24/h8-10,12-17,19-21H,2-7,11,18,23H2,1H3,(H,33,36)(H,34,35). The van der Waals surface area contributed by atoms with E-state index in [1.165, 1.54) is 55.7 Å². The van der Waals surface area contributed by atoms with Crippen molar-refractivity contribution in [2.24, 2.45) is 0 Å². The number of amides is 2. The van der Waals surface area contributed by atoms with Gasteiger partial charge in [0.2, 0.25) is 5.91 Å². The lowest BCUT2D eigenvalue weighted by Gasteiger charge is -2.14. The van der Waals surface area contributed by atoms with E-state index >= 15 is 0 Å². The third-order valence-corrected chi connectivity index (χ3v) is 7.71. The molecule has 0 heterocycles. The van der Waals surface area contributed by atoms with Crippen molar-refractivity contribution >= 4 is 27.5 Å². The van der Waals surface area contributed by atoms with E-state index in [2.05, 4.69) is 17.0 Å². The van der Waals surface area contributed by atoms with Gasteiger partial charge in [0.05, 0.1) is 11.3 Å². The number of sulfonamides is 1. The number of ether oxygens (including phenoxy) is 1. The van der Waals surface area contributed by atoms with Crippen LogP contribution in [-0.4, -0.2) is 20.2 Å². The zero-order chi connectivity index (χ0) is 28.8. The quantitative estimate of drug-likeness (QED) is 0.209. The molecule has 0 saturated carbocycles. The Balaban J connectivity index is 1.65. The molecule has 9 heteroatoms. The molecule has 0 aliphatic carbocycles. The van der Waals surface area contributed by atoms with Crippen molar-refractivity contribution in [3.8, 4) is 11.8 Å². The number of rotatable bonds is 15. The highest BCUT2D eigenvalue weighted by atomic mass is 32.2. The normalized spacial score (nSPS) is 10.9. The van der Waals surface area contributed by atoms with Crippen molar-refractivity contribution in [1.29, 1.82) is 5.26 Å². The van der Waals surface area contributed by atoms with Crippen LogP contribution in [0.4, 0.5) is 5.69 Å². The number of hydrogen-bond acceptors (Lipinski definition) is 6. The van der Waals surface area contributed by atoms with Crippen LogP contribution in [0.15, 0.2) is 77.7 Å². The summed E-state index contributed by atoms with van der Waals surface area (Å²) in [7, 11) is -4.21. The van der Waals surface area contributed by atoms with Gasteiger partial charge in [0, 0.05) is 12.0 Å². The zero-order valence-electron chi connectivity index (χ0n) is 22.7. The van der Waals surface area contributed by atoms with Gasteiger partial charge >= 0.3 is 0 Å². The lowest BCUT2D eigenvalue weighted by Crippen LogP contribution is -2.31. The molecule has 0 bridgehead atoms. The summed E-state index contributed by atoms with van der Waals surface area (Å²) in [6, 6.07) is 21.7. The number of nitriles is 1. The maximum absolute atomic E-state index is 13.1. The zero-order valence-corrected chi connectivity index (χ0v) is 23.5. The molecular formula is C31H35N3O5S. The van der Waals surface area contributed by atoms with Gasteiger partial charge in [-0.3, -0.25) is 9.59 Å². The molecule has 0 aliphatic rings. The first kappa shape index (κ1) is 30.4. The fourth-order valence-corrected chi connectivity index (χ4v) is 5.29. The van der Waals surface area contributed by atoms with Gasteiger partial charge in [0.15, 0.2) is 0 Å². The van der Waals surface area contributed by atoms with E-state index in [1.54, 1.807) is 6.07 Å². The third-order valence-electron chi connectivity index (χ3n) is 6.28. The third kappa shape index (κ3) is 9.24. The van der Waals surface area contributed by atoms with Crippen molar-refractivity contribution in [2.45, 2.75) is 69.8 Å². The number of anilines is 1. The Hall–Kier alpha value is -4.16. The van der Waals surface area contributed by atoms with Crippen LogP contribution < -0.4 is 14.8 Å². The number of para-hydroxylation sites is 1. The smallest absolute Gasteiger partial charge is 0.266 e. The van der Waals surface area contributed by atoms with Crippen LogP contribution in [0, 0.1) is 11.3 Å². The molecule has 0 aromatic heterocycles. The van der Waals surface area contributed by atoms with Crippen molar-refractivity contribution in [3.05, 3.63) is 89.5 Å². The largest absolute Gasteiger partial charge is 0.487 e. The van der Waals surface area contributed by atoms with Gasteiger partial charge in [0.25, 0.3) is 15.9 Å². The van der Waals surface area contributed by atoms with Gasteiger partial charge in [-0.25, -0.2) is 13.1 Å². The molecule has 0 atom stereocenters. The summed E-state index contributed by atoms with van der Waals surface area (Å²) >= 11 is 0. The van der Waals surface area contributed by atoms with Crippen molar-refractivity contribution in [1.82, 2.24) is 4.72 Å². The van der Waals surface area contributed by atoms with Crippen LogP contribution in [0.5, 0.6) is 5.75 Å². The Morgan fingerprint density at radius 1 is 0.875 bits per heavy atom. The fraction of sp³-hybridized carbons (Fsp3) is 0.323. The summed E-state index contributed by atoms with van der Waals surface area (Å²) in [5, 5.41) is 12.1. The summed E-state index contributed by atoms with van der Waals surface area (Å²) in [6.45, 7) is 2.36. The second-order valence-electron chi connectivity index (χ2n) is 9.45. The first-order valence-corrected chi connectivity index (χ1v) is 15.0. The molecule has 3 aromatic carbocycles. The minimum absolute atomic E-state index is 0.0276. The molecule has 0 spiro atoms. The minimum Gasteiger partial charge on any atom is -0.487 e. The van der Waals surface area contributed by atoms with Gasteiger partial charge in [-0.2, -0.15) is 5.26 Å². The Morgan fingerprint density at radius 3 is 2.27 bits per heavy atom. The number of hydrogen-bond donors (Lipinski definition) is 2. The predicted octanol–water partition coefficient (Wildman–Crippen LogP) is 6.34. The maximum atomic E-state index is 13.1. The Kier molecular flexibility index (Phi) is 11.7. The van der Waals surface area contributed by atoms with Crippen LogP contribution in [0.25, 0.3) is 0 Å². The molecule has 0 radical (unpaired) electrons. The highest BCUT2D eigenvalue weighted by molar-refractivity contribution is 7.90. The van der Waals surface area contributed by atoms with Crippen molar-refractivity contribution in [2.75, 3.05) is 5.32 Å². The van der Waals surface area contributed by atoms with Crippen LogP contribution in [0.3, 0.4) is 0 Å². The van der Waals surface area contributed by atoms with E-state index in [0.29, 0.717) is 6.42 Å². The summed E-state index contributed by atoms with van der Waals surface area (Å²) in [4.78, 5) is 25.2. The topological polar surface area (TPSA) is 125 Å². The average molecular weight is 562 g/mol. The maximum Gasteiger partial charge on any atom is 0.266 e. The molecule has 8 nitrogen and oxygen atoms in total. The molecule has 0 unspecified atom stereocenters. The number of unbranched alkanes of at least 4 members (excludes halogenated alkanes) is 6. The molecule has 3 rings (SSSR count). The van der Waals surface area contributed by atoms with E-state index in [4.69, 9.17) is 4.74 Å². The summed E-state index contributed by atoms with van der Waals surface area (Å²) < 4.78 is 33.9. The number of benzene rings is 3. The van der Waals surface area contributed by atoms with Crippen LogP contribution >= 0.6 is 0 Å². The Bertz CT molecular complexity index is 1430. The van der Waals surface area contributed by atoms with E-state index in [9.17, 15) is 23.3 Å². The fourth-order valence-electron chi connectivity index (χ4n) is 4.11. The SMILES string of the molecule is CCCCCCCCCC(=O)NS(=O)(=O)c1ccccc1NC(=O)c1ccc(C#N)c(OCc2ccccc2)c1. The van der Waals surface area contributed by atoms with E-state index < -0.39 is 21.8 Å². The molecule has 3 aromatic rings. The summed E-state index contributed by atoms with van der Waals surface area (Å²) in [5.74, 6) is -0.939. The lowest BCUT2D eigenvalue weighted by molar-refractivity contribution is -0.119. The van der Waals surface area contributed by atoms with Crippen LogP contribution in [0.1, 0.15) is 79.8 Å². The average Bonchev–Trinajstić information content (AvgIpc) is 2.96.